The van der Waals surface area contributed by atoms with E-state index < -0.39 is 17.9 Å². The first kappa shape index (κ1) is 14.5. The van der Waals surface area contributed by atoms with Crippen LogP contribution in [0.3, 0.4) is 0 Å². The van der Waals surface area contributed by atoms with Crippen molar-refractivity contribution < 1.29 is 24.2 Å². The SMILES string of the molecule is CCOC(=O)CCC(=O)N1CCC[C@@H](C(=O)O)C1. The third-order valence-corrected chi connectivity index (χ3v) is 2.97. The van der Waals surface area contributed by atoms with Crippen molar-refractivity contribution in [3.63, 3.8) is 0 Å². The Morgan fingerprint density at radius 1 is 1.33 bits per heavy atom. The van der Waals surface area contributed by atoms with Gasteiger partial charge in [0.15, 0.2) is 0 Å². The number of aliphatic carboxylic acids is 1. The van der Waals surface area contributed by atoms with Crippen molar-refractivity contribution in [1.82, 2.24) is 4.90 Å². The number of hydrogen-bond donors (Lipinski definition) is 1. The van der Waals surface area contributed by atoms with Crippen LogP contribution < -0.4 is 0 Å². The maximum Gasteiger partial charge on any atom is 0.308 e. The van der Waals surface area contributed by atoms with Gasteiger partial charge in [0.1, 0.15) is 0 Å². The molecule has 0 saturated carbocycles. The highest BCUT2D eigenvalue weighted by atomic mass is 16.5. The Balaban J connectivity index is 2.37. The van der Waals surface area contributed by atoms with Crippen molar-refractivity contribution in [3.8, 4) is 0 Å². The van der Waals surface area contributed by atoms with Crippen molar-refractivity contribution in [2.45, 2.75) is 32.6 Å². The molecule has 1 saturated heterocycles. The highest BCUT2D eigenvalue weighted by molar-refractivity contribution is 5.82. The van der Waals surface area contributed by atoms with Gasteiger partial charge in [0, 0.05) is 19.5 Å². The maximum atomic E-state index is 11.8. The first-order valence-electron chi connectivity index (χ1n) is 6.20. The second-order valence-corrected chi connectivity index (χ2v) is 4.32. The Kier molecular flexibility index (Phi) is 5.61. The number of esters is 1. The molecule has 1 N–H and O–H groups in total. The Hall–Kier alpha value is -1.59. The lowest BCUT2D eigenvalue weighted by atomic mass is 9.98. The highest BCUT2D eigenvalue weighted by Gasteiger charge is 2.28. The van der Waals surface area contributed by atoms with E-state index in [0.717, 1.165) is 0 Å². The van der Waals surface area contributed by atoms with Gasteiger partial charge in [-0.15, -0.1) is 0 Å². The molecule has 1 atom stereocenters. The second-order valence-electron chi connectivity index (χ2n) is 4.32. The van der Waals surface area contributed by atoms with Gasteiger partial charge in [0.2, 0.25) is 5.91 Å². The van der Waals surface area contributed by atoms with Gasteiger partial charge >= 0.3 is 11.9 Å². The summed E-state index contributed by atoms with van der Waals surface area (Å²) in [7, 11) is 0. The number of ether oxygens (including phenoxy) is 1. The van der Waals surface area contributed by atoms with Crippen molar-refractivity contribution in [1.29, 1.82) is 0 Å². The Morgan fingerprint density at radius 3 is 2.67 bits per heavy atom. The van der Waals surface area contributed by atoms with Gasteiger partial charge in [-0.3, -0.25) is 14.4 Å². The van der Waals surface area contributed by atoms with Gasteiger partial charge in [-0.1, -0.05) is 0 Å². The van der Waals surface area contributed by atoms with Gasteiger partial charge in [-0.2, -0.15) is 0 Å². The molecule has 0 unspecified atom stereocenters. The van der Waals surface area contributed by atoms with E-state index in [4.69, 9.17) is 9.84 Å². The molecule has 1 fully saturated rings. The number of nitrogens with zero attached hydrogens (tertiary/aromatic N) is 1. The Morgan fingerprint density at radius 2 is 2.06 bits per heavy atom. The van der Waals surface area contributed by atoms with Crippen LogP contribution in [0.5, 0.6) is 0 Å². The summed E-state index contributed by atoms with van der Waals surface area (Å²) in [5.74, 6) is -1.91. The maximum absolute atomic E-state index is 11.8. The van der Waals surface area contributed by atoms with Crippen molar-refractivity contribution in [2.24, 2.45) is 5.92 Å². The number of carboxylic acid groups (broad SMARTS) is 1. The lowest BCUT2D eigenvalue weighted by Gasteiger charge is -2.30. The molecule has 0 aromatic rings. The van der Waals surface area contributed by atoms with Crippen molar-refractivity contribution in [3.05, 3.63) is 0 Å². The van der Waals surface area contributed by atoms with E-state index >= 15 is 0 Å². The molecule has 0 bridgehead atoms. The monoisotopic (exact) mass is 257 g/mol. The second kappa shape index (κ2) is 6.98. The van der Waals surface area contributed by atoms with Crippen LogP contribution in [0.15, 0.2) is 0 Å². The fourth-order valence-corrected chi connectivity index (χ4v) is 2.01. The zero-order valence-corrected chi connectivity index (χ0v) is 10.6. The topological polar surface area (TPSA) is 83.9 Å². The molecule has 1 amide bonds. The minimum atomic E-state index is -0.863. The highest BCUT2D eigenvalue weighted by Crippen LogP contribution is 2.17. The summed E-state index contributed by atoms with van der Waals surface area (Å²) in [5.41, 5.74) is 0. The van der Waals surface area contributed by atoms with Crippen molar-refractivity contribution >= 4 is 17.8 Å². The first-order valence-corrected chi connectivity index (χ1v) is 6.20. The number of carbonyl (C=O) groups excluding carboxylic acids is 2. The summed E-state index contributed by atoms with van der Waals surface area (Å²) in [6.45, 7) is 2.84. The van der Waals surface area contributed by atoms with Gasteiger partial charge in [0.25, 0.3) is 0 Å². The summed E-state index contributed by atoms with van der Waals surface area (Å²) in [6, 6.07) is 0. The van der Waals surface area contributed by atoms with Crippen LogP contribution in [-0.4, -0.2) is 47.5 Å². The molecule has 102 valence electrons. The van der Waals surface area contributed by atoms with E-state index in [-0.39, 0.29) is 25.3 Å². The number of carboxylic acids is 1. The predicted molar refractivity (Wildman–Crippen MR) is 62.8 cm³/mol. The molecule has 1 aliphatic rings. The number of amides is 1. The quantitative estimate of drug-likeness (QED) is 0.731. The van der Waals surface area contributed by atoms with Crippen molar-refractivity contribution in [2.75, 3.05) is 19.7 Å². The number of hydrogen-bond acceptors (Lipinski definition) is 4. The largest absolute Gasteiger partial charge is 0.481 e. The molecule has 0 spiro atoms. The number of carbonyl (C=O) groups is 3. The molecular formula is C12H19NO5. The average Bonchev–Trinajstić information content (AvgIpc) is 2.36. The number of rotatable bonds is 5. The molecule has 0 aromatic heterocycles. The van der Waals surface area contributed by atoms with Crippen LogP contribution in [0.2, 0.25) is 0 Å². The molecule has 6 nitrogen and oxygen atoms in total. The zero-order valence-electron chi connectivity index (χ0n) is 10.6. The smallest absolute Gasteiger partial charge is 0.308 e. The van der Waals surface area contributed by atoms with E-state index in [9.17, 15) is 14.4 Å². The zero-order chi connectivity index (χ0) is 13.5. The molecule has 1 rings (SSSR count). The van der Waals surface area contributed by atoms with Crippen LogP contribution in [-0.2, 0) is 19.1 Å². The molecule has 6 heteroatoms. The fourth-order valence-electron chi connectivity index (χ4n) is 2.01. The van der Waals surface area contributed by atoms with Crippen LogP contribution >= 0.6 is 0 Å². The molecule has 18 heavy (non-hydrogen) atoms. The third-order valence-electron chi connectivity index (χ3n) is 2.97. The molecule has 0 radical (unpaired) electrons. The van der Waals surface area contributed by atoms with E-state index in [1.807, 2.05) is 0 Å². The van der Waals surface area contributed by atoms with Crippen LogP contribution in [0.1, 0.15) is 32.6 Å². The van der Waals surface area contributed by atoms with Crippen LogP contribution in [0.4, 0.5) is 0 Å². The van der Waals surface area contributed by atoms with E-state index in [1.54, 1.807) is 6.92 Å². The van der Waals surface area contributed by atoms with Gasteiger partial charge in [0.05, 0.1) is 18.9 Å². The minimum absolute atomic E-state index is 0.0565. The molecule has 0 aliphatic carbocycles. The third kappa shape index (κ3) is 4.35. The van der Waals surface area contributed by atoms with E-state index in [1.165, 1.54) is 4.90 Å². The Bertz CT molecular complexity index is 328. The van der Waals surface area contributed by atoms with Gasteiger partial charge in [-0.05, 0) is 19.8 Å². The lowest BCUT2D eigenvalue weighted by Crippen LogP contribution is -2.42. The summed E-state index contributed by atoms with van der Waals surface area (Å²) < 4.78 is 4.74. The fraction of sp³-hybridized carbons (Fsp3) is 0.750. The summed E-state index contributed by atoms with van der Waals surface area (Å²) in [6.07, 6.45) is 1.45. The average molecular weight is 257 g/mol. The van der Waals surface area contributed by atoms with Gasteiger partial charge in [-0.25, -0.2) is 0 Å². The lowest BCUT2D eigenvalue weighted by molar-refractivity contribution is -0.148. The summed E-state index contributed by atoms with van der Waals surface area (Å²) in [5, 5.41) is 8.91. The number of likely N-dealkylation sites (tertiary alicyclic amines) is 1. The predicted octanol–water partition coefficient (Wildman–Crippen LogP) is 0.653. The van der Waals surface area contributed by atoms with E-state index in [2.05, 4.69) is 0 Å². The number of piperidine rings is 1. The van der Waals surface area contributed by atoms with Crippen LogP contribution in [0, 0.1) is 5.92 Å². The first-order chi connectivity index (χ1) is 8.54. The normalized spacial score (nSPS) is 19.4. The molecule has 0 aromatic carbocycles. The standard InChI is InChI=1S/C12H19NO5/c1-2-18-11(15)6-5-10(14)13-7-3-4-9(8-13)12(16)17/h9H,2-8H2,1H3,(H,16,17)/t9-/m1/s1. The van der Waals surface area contributed by atoms with Crippen LogP contribution in [0.25, 0.3) is 0 Å². The summed E-state index contributed by atoms with van der Waals surface area (Å²) >= 11 is 0. The molecule has 1 heterocycles. The molecular weight excluding hydrogens is 238 g/mol. The minimum Gasteiger partial charge on any atom is -0.481 e. The molecule has 1 aliphatic heterocycles. The van der Waals surface area contributed by atoms with Gasteiger partial charge < -0.3 is 14.7 Å². The Labute approximate surface area is 106 Å². The summed E-state index contributed by atoms with van der Waals surface area (Å²) in [4.78, 5) is 35.3. The van der Waals surface area contributed by atoms with E-state index in [0.29, 0.717) is 26.0 Å².